The maximum absolute atomic E-state index is 11.9. The van der Waals surface area contributed by atoms with Gasteiger partial charge in [0.25, 0.3) is 5.91 Å². The van der Waals surface area contributed by atoms with E-state index in [0.717, 1.165) is 22.2 Å². The number of nitrogens with one attached hydrogen (secondary N) is 1. The molecule has 0 heterocycles. The predicted molar refractivity (Wildman–Crippen MR) is 87.5 cm³/mol. The Morgan fingerprint density at radius 2 is 2.00 bits per heavy atom. The maximum Gasteiger partial charge on any atom is 0.251 e. The van der Waals surface area contributed by atoms with Crippen LogP contribution in [0, 0.1) is 0 Å². The molecule has 0 spiro atoms. The summed E-state index contributed by atoms with van der Waals surface area (Å²) >= 11 is 3.45. The molecule has 0 aromatic heterocycles. The van der Waals surface area contributed by atoms with Gasteiger partial charge in [-0.15, -0.1) is 0 Å². The molecule has 0 saturated carbocycles. The van der Waals surface area contributed by atoms with Gasteiger partial charge in [-0.1, -0.05) is 31.2 Å². The van der Waals surface area contributed by atoms with Crippen molar-refractivity contribution >= 4 is 21.8 Å². The van der Waals surface area contributed by atoms with Gasteiger partial charge in [0.15, 0.2) is 0 Å². The molecule has 2 aromatic carbocycles. The SMILES string of the molecule is CCCNC(=O)c1cccc(COc2ccccc2Br)c1. The minimum atomic E-state index is -0.0420. The Morgan fingerprint density at radius 3 is 2.76 bits per heavy atom. The first-order valence-corrected chi connectivity index (χ1v) is 7.74. The molecule has 1 amide bonds. The van der Waals surface area contributed by atoms with Gasteiger partial charge in [-0.05, 0) is 52.2 Å². The van der Waals surface area contributed by atoms with Crippen molar-refractivity contribution in [2.75, 3.05) is 6.54 Å². The van der Waals surface area contributed by atoms with Crippen LogP contribution in [0.15, 0.2) is 53.0 Å². The number of rotatable bonds is 6. The second-order valence-corrected chi connectivity index (χ2v) is 5.53. The van der Waals surface area contributed by atoms with Gasteiger partial charge in [-0.3, -0.25) is 4.79 Å². The van der Waals surface area contributed by atoms with Crippen LogP contribution in [-0.2, 0) is 6.61 Å². The summed E-state index contributed by atoms with van der Waals surface area (Å²) in [6.07, 6.45) is 0.927. The van der Waals surface area contributed by atoms with Gasteiger partial charge in [0.2, 0.25) is 0 Å². The Bertz CT molecular complexity index is 613. The van der Waals surface area contributed by atoms with E-state index in [4.69, 9.17) is 4.74 Å². The molecule has 0 fully saturated rings. The van der Waals surface area contributed by atoms with Crippen molar-refractivity contribution in [1.82, 2.24) is 5.32 Å². The van der Waals surface area contributed by atoms with Crippen LogP contribution >= 0.6 is 15.9 Å². The lowest BCUT2D eigenvalue weighted by Crippen LogP contribution is -2.24. The van der Waals surface area contributed by atoms with Gasteiger partial charge in [-0.2, -0.15) is 0 Å². The highest BCUT2D eigenvalue weighted by molar-refractivity contribution is 9.10. The molecule has 0 bridgehead atoms. The zero-order valence-electron chi connectivity index (χ0n) is 11.9. The van der Waals surface area contributed by atoms with Crippen LogP contribution in [0.4, 0.5) is 0 Å². The summed E-state index contributed by atoms with van der Waals surface area (Å²) in [6, 6.07) is 15.2. The second-order valence-electron chi connectivity index (χ2n) is 4.68. The van der Waals surface area contributed by atoms with E-state index in [2.05, 4.69) is 21.2 Å². The minimum absolute atomic E-state index is 0.0420. The summed E-state index contributed by atoms with van der Waals surface area (Å²) in [5, 5.41) is 2.87. The summed E-state index contributed by atoms with van der Waals surface area (Å²) in [5.74, 6) is 0.748. The van der Waals surface area contributed by atoms with Gasteiger partial charge < -0.3 is 10.1 Å². The summed E-state index contributed by atoms with van der Waals surface area (Å²) in [6.45, 7) is 3.15. The summed E-state index contributed by atoms with van der Waals surface area (Å²) < 4.78 is 6.68. The van der Waals surface area contributed by atoms with Crippen molar-refractivity contribution in [3.8, 4) is 5.75 Å². The molecule has 4 heteroatoms. The monoisotopic (exact) mass is 347 g/mol. The number of carbonyl (C=O) groups is 1. The number of carbonyl (C=O) groups excluding carboxylic acids is 1. The molecule has 2 aromatic rings. The van der Waals surface area contributed by atoms with Gasteiger partial charge in [-0.25, -0.2) is 0 Å². The van der Waals surface area contributed by atoms with Crippen LogP contribution < -0.4 is 10.1 Å². The number of para-hydroxylation sites is 1. The summed E-state index contributed by atoms with van der Waals surface area (Å²) in [7, 11) is 0. The largest absolute Gasteiger partial charge is 0.488 e. The Kier molecular flexibility index (Phi) is 5.81. The smallest absolute Gasteiger partial charge is 0.251 e. The Hall–Kier alpha value is -1.81. The fourth-order valence-corrected chi connectivity index (χ4v) is 2.27. The molecule has 0 radical (unpaired) electrons. The highest BCUT2D eigenvalue weighted by Gasteiger charge is 2.06. The third kappa shape index (κ3) is 4.60. The third-order valence-electron chi connectivity index (χ3n) is 2.96. The van der Waals surface area contributed by atoms with Crippen molar-refractivity contribution in [2.45, 2.75) is 20.0 Å². The average molecular weight is 348 g/mol. The molecule has 3 nitrogen and oxygen atoms in total. The van der Waals surface area contributed by atoms with Crippen molar-refractivity contribution in [2.24, 2.45) is 0 Å². The Morgan fingerprint density at radius 1 is 1.19 bits per heavy atom. The van der Waals surface area contributed by atoms with Crippen molar-refractivity contribution in [1.29, 1.82) is 0 Å². The van der Waals surface area contributed by atoms with Crippen LogP contribution in [0.3, 0.4) is 0 Å². The number of halogens is 1. The molecule has 1 N–H and O–H groups in total. The molecule has 110 valence electrons. The van der Waals surface area contributed by atoms with Crippen LogP contribution in [0.5, 0.6) is 5.75 Å². The first-order valence-electron chi connectivity index (χ1n) is 6.95. The lowest BCUT2D eigenvalue weighted by molar-refractivity contribution is 0.0953. The minimum Gasteiger partial charge on any atom is -0.488 e. The standard InChI is InChI=1S/C17H18BrNO2/c1-2-10-19-17(20)14-7-5-6-13(11-14)12-21-16-9-4-3-8-15(16)18/h3-9,11H,2,10,12H2,1H3,(H,19,20). The third-order valence-corrected chi connectivity index (χ3v) is 3.61. The van der Waals surface area contributed by atoms with Crippen molar-refractivity contribution in [3.05, 3.63) is 64.1 Å². The van der Waals surface area contributed by atoms with Crippen LogP contribution in [0.25, 0.3) is 0 Å². The quantitative estimate of drug-likeness (QED) is 0.851. The molecule has 0 atom stereocenters. The van der Waals surface area contributed by atoms with E-state index >= 15 is 0 Å². The van der Waals surface area contributed by atoms with E-state index in [0.29, 0.717) is 18.7 Å². The maximum atomic E-state index is 11.9. The number of amides is 1. The molecular formula is C17H18BrNO2. The molecule has 21 heavy (non-hydrogen) atoms. The zero-order valence-corrected chi connectivity index (χ0v) is 13.5. The molecule has 2 rings (SSSR count). The molecule has 0 saturated heterocycles. The number of hydrogen-bond acceptors (Lipinski definition) is 2. The number of ether oxygens (including phenoxy) is 1. The topological polar surface area (TPSA) is 38.3 Å². The van der Waals surface area contributed by atoms with Crippen LogP contribution in [0.2, 0.25) is 0 Å². The fourth-order valence-electron chi connectivity index (χ4n) is 1.87. The van der Waals surface area contributed by atoms with Gasteiger partial charge >= 0.3 is 0 Å². The first-order chi connectivity index (χ1) is 10.2. The highest BCUT2D eigenvalue weighted by atomic mass is 79.9. The van der Waals surface area contributed by atoms with Gasteiger partial charge in [0, 0.05) is 12.1 Å². The lowest BCUT2D eigenvalue weighted by Gasteiger charge is -2.09. The predicted octanol–water partition coefficient (Wildman–Crippen LogP) is 4.17. The Labute approximate surface area is 133 Å². The first kappa shape index (κ1) is 15.6. The Balaban J connectivity index is 2.01. The van der Waals surface area contributed by atoms with Crippen molar-refractivity contribution in [3.63, 3.8) is 0 Å². The van der Waals surface area contributed by atoms with E-state index in [1.807, 2.05) is 55.5 Å². The lowest BCUT2D eigenvalue weighted by atomic mass is 10.1. The fraction of sp³-hybridized carbons (Fsp3) is 0.235. The van der Waals surface area contributed by atoms with E-state index in [-0.39, 0.29) is 5.91 Å². The highest BCUT2D eigenvalue weighted by Crippen LogP contribution is 2.24. The number of hydrogen-bond donors (Lipinski definition) is 1. The molecule has 0 unspecified atom stereocenters. The van der Waals surface area contributed by atoms with Crippen LogP contribution in [-0.4, -0.2) is 12.5 Å². The molecule has 0 aliphatic rings. The molecule has 0 aliphatic carbocycles. The summed E-state index contributed by atoms with van der Waals surface area (Å²) in [4.78, 5) is 11.9. The average Bonchev–Trinajstić information content (AvgIpc) is 2.52. The van der Waals surface area contributed by atoms with E-state index in [1.54, 1.807) is 0 Å². The van der Waals surface area contributed by atoms with E-state index < -0.39 is 0 Å². The molecular weight excluding hydrogens is 330 g/mol. The second kappa shape index (κ2) is 7.84. The van der Waals surface area contributed by atoms with Crippen molar-refractivity contribution < 1.29 is 9.53 Å². The van der Waals surface area contributed by atoms with E-state index in [9.17, 15) is 4.79 Å². The van der Waals surface area contributed by atoms with Crippen LogP contribution in [0.1, 0.15) is 29.3 Å². The normalized spacial score (nSPS) is 10.2. The van der Waals surface area contributed by atoms with Gasteiger partial charge in [0.05, 0.1) is 4.47 Å². The molecule has 0 aliphatic heterocycles. The van der Waals surface area contributed by atoms with Gasteiger partial charge in [0.1, 0.15) is 12.4 Å². The summed E-state index contributed by atoms with van der Waals surface area (Å²) in [5.41, 5.74) is 1.63. The van der Waals surface area contributed by atoms with E-state index in [1.165, 1.54) is 0 Å². The number of benzene rings is 2. The zero-order chi connectivity index (χ0) is 15.1.